The first kappa shape index (κ1) is 13.4. The van der Waals surface area contributed by atoms with E-state index in [-0.39, 0.29) is 5.54 Å². The fraction of sp³-hybridized carbons (Fsp3) is 0.500. The smallest absolute Gasteiger partial charge is 0.184 e. The second-order valence-corrected chi connectivity index (χ2v) is 6.12. The third-order valence-electron chi connectivity index (χ3n) is 4.15. The largest absolute Gasteiger partial charge is 0.399 e. The number of tetrazole rings is 1. The summed E-state index contributed by atoms with van der Waals surface area (Å²) < 4.78 is 1.93. The molecule has 0 aliphatic heterocycles. The van der Waals surface area contributed by atoms with Crippen LogP contribution >= 0.6 is 11.6 Å². The number of anilines is 1. The summed E-state index contributed by atoms with van der Waals surface area (Å²) in [5.41, 5.74) is 7.19. The van der Waals surface area contributed by atoms with E-state index in [0.29, 0.717) is 10.7 Å². The van der Waals surface area contributed by atoms with Crippen molar-refractivity contribution in [3.8, 4) is 11.4 Å². The van der Waals surface area contributed by atoms with Crippen molar-refractivity contribution in [2.24, 2.45) is 0 Å². The van der Waals surface area contributed by atoms with Crippen molar-refractivity contribution in [1.29, 1.82) is 0 Å². The molecule has 2 N–H and O–H groups in total. The van der Waals surface area contributed by atoms with Gasteiger partial charge in [0.25, 0.3) is 0 Å². The molecule has 1 fully saturated rings. The van der Waals surface area contributed by atoms with Gasteiger partial charge in [-0.1, -0.05) is 30.9 Å². The van der Waals surface area contributed by atoms with Gasteiger partial charge in [0, 0.05) is 11.3 Å². The molecule has 1 aromatic carbocycles. The molecule has 1 aliphatic carbocycles. The molecule has 0 saturated heterocycles. The summed E-state index contributed by atoms with van der Waals surface area (Å²) >= 11 is 6.29. The summed E-state index contributed by atoms with van der Waals surface area (Å²) in [6.07, 6.45) is 5.90. The minimum Gasteiger partial charge on any atom is -0.399 e. The van der Waals surface area contributed by atoms with E-state index in [1.807, 2.05) is 16.8 Å². The molecule has 2 aromatic rings. The normalized spacial score (nSPS) is 18.1. The minimum absolute atomic E-state index is 0.0260. The Balaban J connectivity index is 2.05. The molecular formula is C14H18ClN5. The Morgan fingerprint density at radius 2 is 2.00 bits per heavy atom. The Labute approximate surface area is 123 Å². The van der Waals surface area contributed by atoms with Gasteiger partial charge in [-0.2, -0.15) is 0 Å². The highest BCUT2D eigenvalue weighted by Gasteiger charge is 2.33. The van der Waals surface area contributed by atoms with Gasteiger partial charge in [0.15, 0.2) is 5.82 Å². The Kier molecular flexibility index (Phi) is 3.38. The molecule has 0 spiro atoms. The van der Waals surface area contributed by atoms with E-state index in [1.165, 1.54) is 19.3 Å². The van der Waals surface area contributed by atoms with Gasteiger partial charge in [-0.15, -0.1) is 5.10 Å². The van der Waals surface area contributed by atoms with Crippen LogP contribution in [0.4, 0.5) is 5.69 Å². The SMILES string of the molecule is CC1(n2nnnc2-c2ccc(N)cc2Cl)CCCCC1. The second kappa shape index (κ2) is 5.05. The molecule has 20 heavy (non-hydrogen) atoms. The summed E-state index contributed by atoms with van der Waals surface area (Å²) in [6, 6.07) is 5.44. The van der Waals surface area contributed by atoms with Gasteiger partial charge < -0.3 is 5.73 Å². The lowest BCUT2D eigenvalue weighted by molar-refractivity contribution is 0.197. The van der Waals surface area contributed by atoms with Gasteiger partial charge in [0.05, 0.1) is 10.6 Å². The number of nitrogens with zero attached hydrogens (tertiary/aromatic N) is 4. The molecule has 0 bridgehead atoms. The molecule has 1 saturated carbocycles. The van der Waals surface area contributed by atoms with Crippen molar-refractivity contribution in [2.75, 3.05) is 5.73 Å². The first-order chi connectivity index (χ1) is 9.60. The Morgan fingerprint density at radius 1 is 1.25 bits per heavy atom. The van der Waals surface area contributed by atoms with Gasteiger partial charge in [0.1, 0.15) is 0 Å². The van der Waals surface area contributed by atoms with Gasteiger partial charge in [-0.05, 0) is 48.4 Å². The highest BCUT2D eigenvalue weighted by atomic mass is 35.5. The Bertz CT molecular complexity index is 616. The van der Waals surface area contributed by atoms with Crippen LogP contribution in [0.15, 0.2) is 18.2 Å². The molecule has 0 radical (unpaired) electrons. The molecule has 106 valence electrons. The van der Waals surface area contributed by atoms with E-state index >= 15 is 0 Å². The molecule has 1 heterocycles. The number of nitrogens with two attached hydrogens (primary N) is 1. The van der Waals surface area contributed by atoms with E-state index < -0.39 is 0 Å². The fourth-order valence-electron chi connectivity index (χ4n) is 2.96. The molecule has 0 amide bonds. The summed E-state index contributed by atoms with van der Waals surface area (Å²) in [6.45, 7) is 2.22. The maximum Gasteiger partial charge on any atom is 0.184 e. The van der Waals surface area contributed by atoms with Gasteiger partial charge in [-0.25, -0.2) is 4.68 Å². The summed E-state index contributed by atoms with van der Waals surface area (Å²) in [5, 5.41) is 12.8. The van der Waals surface area contributed by atoms with Crippen molar-refractivity contribution >= 4 is 17.3 Å². The lowest BCUT2D eigenvalue weighted by atomic mass is 9.83. The molecular weight excluding hydrogens is 274 g/mol. The first-order valence-electron chi connectivity index (χ1n) is 6.94. The topological polar surface area (TPSA) is 69.6 Å². The van der Waals surface area contributed by atoms with E-state index in [4.69, 9.17) is 17.3 Å². The number of hydrogen-bond donors (Lipinski definition) is 1. The summed E-state index contributed by atoms with van der Waals surface area (Å²) in [5.74, 6) is 0.722. The maximum absolute atomic E-state index is 6.29. The van der Waals surface area contributed by atoms with E-state index in [1.54, 1.807) is 6.07 Å². The van der Waals surface area contributed by atoms with E-state index in [0.717, 1.165) is 24.2 Å². The zero-order valence-electron chi connectivity index (χ0n) is 11.5. The first-order valence-corrected chi connectivity index (χ1v) is 7.32. The molecule has 3 rings (SSSR count). The monoisotopic (exact) mass is 291 g/mol. The summed E-state index contributed by atoms with van der Waals surface area (Å²) in [4.78, 5) is 0. The van der Waals surface area contributed by atoms with Crippen molar-refractivity contribution in [3.63, 3.8) is 0 Å². The standard InChI is InChI=1S/C14H18ClN5/c1-14(7-3-2-4-8-14)20-13(17-18-19-20)11-6-5-10(16)9-12(11)15/h5-6,9H,2-4,7-8,16H2,1H3. The number of aromatic nitrogens is 4. The van der Waals surface area contributed by atoms with Crippen molar-refractivity contribution < 1.29 is 0 Å². The molecule has 1 aromatic heterocycles. The third kappa shape index (κ3) is 2.26. The quantitative estimate of drug-likeness (QED) is 0.862. The van der Waals surface area contributed by atoms with Crippen molar-refractivity contribution in [2.45, 2.75) is 44.6 Å². The average Bonchev–Trinajstić information content (AvgIpc) is 2.89. The predicted molar refractivity (Wildman–Crippen MR) is 79.4 cm³/mol. The van der Waals surface area contributed by atoms with Crippen LogP contribution in [0, 0.1) is 0 Å². The highest BCUT2D eigenvalue weighted by molar-refractivity contribution is 6.33. The predicted octanol–water partition coefficient (Wildman–Crippen LogP) is 3.26. The van der Waals surface area contributed by atoms with Gasteiger partial charge in [0.2, 0.25) is 0 Å². The van der Waals surface area contributed by atoms with Crippen LogP contribution in [0.5, 0.6) is 0 Å². The summed E-state index contributed by atoms with van der Waals surface area (Å²) in [7, 11) is 0. The van der Waals surface area contributed by atoms with Gasteiger partial charge in [-0.3, -0.25) is 0 Å². The van der Waals surface area contributed by atoms with Crippen molar-refractivity contribution in [1.82, 2.24) is 20.2 Å². The lowest BCUT2D eigenvalue weighted by Crippen LogP contribution is -2.34. The lowest BCUT2D eigenvalue weighted by Gasteiger charge is -2.34. The zero-order chi connectivity index (χ0) is 14.2. The van der Waals surface area contributed by atoms with Gasteiger partial charge >= 0.3 is 0 Å². The Hall–Kier alpha value is -1.62. The highest BCUT2D eigenvalue weighted by Crippen LogP contribution is 2.37. The van der Waals surface area contributed by atoms with Crippen molar-refractivity contribution in [3.05, 3.63) is 23.2 Å². The average molecular weight is 292 g/mol. The number of rotatable bonds is 2. The van der Waals surface area contributed by atoms with Crippen LogP contribution in [-0.4, -0.2) is 20.2 Å². The minimum atomic E-state index is -0.0260. The molecule has 0 atom stereocenters. The zero-order valence-corrected chi connectivity index (χ0v) is 12.3. The van der Waals surface area contributed by atoms with E-state index in [9.17, 15) is 0 Å². The maximum atomic E-state index is 6.29. The molecule has 1 aliphatic rings. The fourth-order valence-corrected chi connectivity index (χ4v) is 3.23. The van der Waals surface area contributed by atoms with Crippen LogP contribution in [0.3, 0.4) is 0 Å². The molecule has 6 heteroatoms. The van der Waals surface area contributed by atoms with Crippen LogP contribution in [0.1, 0.15) is 39.0 Å². The Morgan fingerprint density at radius 3 is 2.70 bits per heavy atom. The molecule has 5 nitrogen and oxygen atoms in total. The number of hydrogen-bond acceptors (Lipinski definition) is 4. The second-order valence-electron chi connectivity index (χ2n) is 5.71. The number of nitrogen functional groups attached to an aromatic ring is 1. The number of halogens is 1. The van der Waals surface area contributed by atoms with Crippen LogP contribution < -0.4 is 5.73 Å². The van der Waals surface area contributed by atoms with Crippen LogP contribution in [0.25, 0.3) is 11.4 Å². The van der Waals surface area contributed by atoms with Crippen LogP contribution in [-0.2, 0) is 5.54 Å². The number of benzene rings is 1. The van der Waals surface area contributed by atoms with Crippen LogP contribution in [0.2, 0.25) is 5.02 Å². The van der Waals surface area contributed by atoms with E-state index in [2.05, 4.69) is 22.4 Å². The third-order valence-corrected chi connectivity index (χ3v) is 4.46. The molecule has 0 unspecified atom stereocenters.